The minimum absolute atomic E-state index is 0.0403. The van der Waals surface area contributed by atoms with Crippen molar-refractivity contribution >= 4 is 35.1 Å². The molecule has 7 heteroatoms. The summed E-state index contributed by atoms with van der Waals surface area (Å²) in [6, 6.07) is 4.85. The van der Waals surface area contributed by atoms with Crippen molar-refractivity contribution in [1.82, 2.24) is 4.90 Å². The van der Waals surface area contributed by atoms with Crippen molar-refractivity contribution in [3.05, 3.63) is 40.9 Å². The van der Waals surface area contributed by atoms with E-state index in [1.54, 1.807) is 18.2 Å². The topological polar surface area (TPSA) is 86.7 Å². The molecule has 1 aromatic carbocycles. The molecule has 0 radical (unpaired) electrons. The predicted molar refractivity (Wildman–Crippen MR) is 105 cm³/mol. The number of benzene rings is 1. The maximum absolute atomic E-state index is 12.8. The highest BCUT2D eigenvalue weighted by Crippen LogP contribution is 2.48. The number of halogens is 1. The van der Waals surface area contributed by atoms with Crippen LogP contribution in [-0.4, -0.2) is 40.9 Å². The number of fused-ring (bicyclic) bond motifs is 2. The summed E-state index contributed by atoms with van der Waals surface area (Å²) >= 11 is 6.32. The average Bonchev–Trinajstić information content (AvgIpc) is 3.30. The number of anilines is 1. The smallest absolute Gasteiger partial charge is 0.307 e. The van der Waals surface area contributed by atoms with Crippen LogP contribution in [0.1, 0.15) is 36.0 Å². The molecular formula is C21H23ClN2O4. The van der Waals surface area contributed by atoms with Gasteiger partial charge in [0.25, 0.3) is 5.91 Å². The van der Waals surface area contributed by atoms with E-state index in [2.05, 4.69) is 5.32 Å². The number of carboxylic acids is 1. The highest BCUT2D eigenvalue weighted by Gasteiger charge is 2.51. The quantitative estimate of drug-likeness (QED) is 0.755. The van der Waals surface area contributed by atoms with Gasteiger partial charge in [0.15, 0.2) is 0 Å². The Morgan fingerprint density at radius 2 is 1.71 bits per heavy atom. The summed E-state index contributed by atoms with van der Waals surface area (Å²) in [6.45, 7) is 1.48. The first-order valence-corrected chi connectivity index (χ1v) is 10.1. The number of carbonyl (C=O) groups is 3. The number of allylic oxidation sites excluding steroid dienone is 2. The van der Waals surface area contributed by atoms with Gasteiger partial charge < -0.3 is 15.3 Å². The van der Waals surface area contributed by atoms with Crippen LogP contribution in [-0.2, 0) is 9.59 Å². The third-order valence-electron chi connectivity index (χ3n) is 6.16. The van der Waals surface area contributed by atoms with Crippen LogP contribution >= 0.6 is 11.6 Å². The number of nitrogens with zero attached hydrogens (tertiary/aromatic N) is 1. The summed E-state index contributed by atoms with van der Waals surface area (Å²) in [5.74, 6) is -2.72. The van der Waals surface area contributed by atoms with Gasteiger partial charge in [-0.25, -0.2) is 0 Å². The van der Waals surface area contributed by atoms with Gasteiger partial charge in [-0.15, -0.1) is 0 Å². The summed E-state index contributed by atoms with van der Waals surface area (Å²) in [5, 5.41) is 12.6. The molecule has 2 aliphatic carbocycles. The molecule has 1 saturated heterocycles. The molecule has 1 aliphatic heterocycles. The maximum Gasteiger partial charge on any atom is 0.307 e. The third kappa shape index (κ3) is 3.41. The Kier molecular flexibility index (Phi) is 5.15. The van der Waals surface area contributed by atoms with Gasteiger partial charge in [0.05, 0.1) is 22.4 Å². The van der Waals surface area contributed by atoms with Crippen LogP contribution in [0.3, 0.4) is 0 Å². The Labute approximate surface area is 168 Å². The summed E-state index contributed by atoms with van der Waals surface area (Å²) in [7, 11) is 0. The van der Waals surface area contributed by atoms with Gasteiger partial charge >= 0.3 is 5.97 Å². The van der Waals surface area contributed by atoms with Crippen LogP contribution in [0.15, 0.2) is 30.4 Å². The molecule has 6 nitrogen and oxygen atoms in total. The summed E-state index contributed by atoms with van der Waals surface area (Å²) in [4.78, 5) is 38.8. The van der Waals surface area contributed by atoms with Gasteiger partial charge in [-0.1, -0.05) is 23.8 Å². The first kappa shape index (κ1) is 19.0. The molecule has 2 bridgehead atoms. The van der Waals surface area contributed by atoms with Gasteiger partial charge in [-0.2, -0.15) is 0 Å². The maximum atomic E-state index is 12.8. The number of likely N-dealkylation sites (tertiary alicyclic amines) is 1. The lowest BCUT2D eigenvalue weighted by molar-refractivity contribution is -0.146. The molecule has 0 spiro atoms. The number of piperidine rings is 1. The van der Waals surface area contributed by atoms with Crippen LogP contribution in [0, 0.1) is 23.7 Å². The highest BCUT2D eigenvalue weighted by molar-refractivity contribution is 6.34. The van der Waals surface area contributed by atoms with Crippen molar-refractivity contribution in [2.75, 3.05) is 18.4 Å². The molecule has 1 aromatic rings. The van der Waals surface area contributed by atoms with Crippen LogP contribution < -0.4 is 5.32 Å². The van der Waals surface area contributed by atoms with Crippen LogP contribution in [0.4, 0.5) is 5.69 Å². The first-order chi connectivity index (χ1) is 13.5. The summed E-state index contributed by atoms with van der Waals surface area (Å²) in [6.07, 6.45) is 7.70. The molecule has 0 aromatic heterocycles. The fourth-order valence-corrected chi connectivity index (χ4v) is 5.04. The minimum Gasteiger partial charge on any atom is -0.481 e. The van der Waals surface area contributed by atoms with Crippen molar-refractivity contribution in [3.63, 3.8) is 0 Å². The number of rotatable bonds is 4. The average molecular weight is 403 g/mol. The normalized spacial score (nSPS) is 28.4. The predicted octanol–water partition coefficient (Wildman–Crippen LogP) is 3.43. The van der Waals surface area contributed by atoms with Gasteiger partial charge in [0, 0.05) is 18.8 Å². The largest absolute Gasteiger partial charge is 0.481 e. The Balaban J connectivity index is 1.47. The van der Waals surface area contributed by atoms with Crippen molar-refractivity contribution in [1.29, 1.82) is 0 Å². The number of nitrogens with one attached hydrogen (secondary N) is 1. The van der Waals surface area contributed by atoms with Crippen LogP contribution in [0.2, 0.25) is 5.02 Å². The van der Waals surface area contributed by atoms with Crippen LogP contribution in [0.25, 0.3) is 0 Å². The van der Waals surface area contributed by atoms with Gasteiger partial charge in [-0.05, 0) is 55.7 Å². The van der Waals surface area contributed by atoms with Crippen molar-refractivity contribution < 1.29 is 19.5 Å². The first-order valence-electron chi connectivity index (χ1n) is 9.76. The Bertz CT molecular complexity index is 847. The Morgan fingerprint density at radius 3 is 2.36 bits per heavy atom. The lowest BCUT2D eigenvalue weighted by Gasteiger charge is -2.27. The SMILES string of the molecule is O=C(Nc1ccc(C(=O)N2CCCCC2)c(Cl)c1)[C@@H]1[C@H](C(=O)O)[C@H]2C=C[C@H]1C2. The van der Waals surface area contributed by atoms with Gasteiger partial charge in [0.2, 0.25) is 5.91 Å². The molecule has 2 N–H and O–H groups in total. The number of amides is 2. The summed E-state index contributed by atoms with van der Waals surface area (Å²) in [5.41, 5.74) is 0.897. The Morgan fingerprint density at radius 1 is 1.04 bits per heavy atom. The molecule has 3 aliphatic rings. The number of hydrogen-bond acceptors (Lipinski definition) is 3. The molecule has 0 unspecified atom stereocenters. The van der Waals surface area contributed by atoms with Gasteiger partial charge in [-0.3, -0.25) is 14.4 Å². The molecule has 1 heterocycles. The van der Waals surface area contributed by atoms with E-state index in [9.17, 15) is 19.5 Å². The van der Waals surface area contributed by atoms with E-state index in [0.29, 0.717) is 17.7 Å². The molecule has 4 rings (SSSR count). The number of carboxylic acid groups (broad SMARTS) is 1. The second-order valence-corrected chi connectivity index (χ2v) is 8.28. The third-order valence-corrected chi connectivity index (χ3v) is 6.47. The zero-order valence-corrected chi connectivity index (χ0v) is 16.2. The van der Waals surface area contributed by atoms with E-state index < -0.39 is 17.8 Å². The zero-order chi connectivity index (χ0) is 19.8. The zero-order valence-electron chi connectivity index (χ0n) is 15.4. The standard InChI is InChI=1S/C21H23ClN2O4/c22-16-11-14(6-7-15(16)20(26)24-8-2-1-3-9-24)23-19(25)17-12-4-5-13(10-12)18(17)21(27)28/h4-7,11-13,17-18H,1-3,8-10H2,(H,23,25)(H,27,28)/t12-,13-,17-,18+/m0/s1. The van der Waals surface area contributed by atoms with E-state index in [4.69, 9.17) is 11.6 Å². The number of carbonyl (C=O) groups excluding carboxylic acids is 2. The van der Waals surface area contributed by atoms with E-state index in [1.807, 2.05) is 17.1 Å². The molecule has 2 amide bonds. The van der Waals surface area contributed by atoms with Crippen molar-refractivity contribution in [2.24, 2.45) is 23.7 Å². The van der Waals surface area contributed by atoms with Crippen LogP contribution in [0.5, 0.6) is 0 Å². The van der Waals surface area contributed by atoms with E-state index in [1.165, 1.54) is 0 Å². The fraction of sp³-hybridized carbons (Fsp3) is 0.476. The molecular weight excluding hydrogens is 380 g/mol. The fourth-order valence-electron chi connectivity index (χ4n) is 4.78. The van der Waals surface area contributed by atoms with E-state index in [-0.39, 0.29) is 28.7 Å². The minimum atomic E-state index is -0.933. The molecule has 28 heavy (non-hydrogen) atoms. The summed E-state index contributed by atoms with van der Waals surface area (Å²) < 4.78 is 0. The number of hydrogen-bond donors (Lipinski definition) is 2. The van der Waals surface area contributed by atoms with Gasteiger partial charge in [0.1, 0.15) is 0 Å². The Hall–Kier alpha value is -2.34. The van der Waals surface area contributed by atoms with Crippen molar-refractivity contribution in [2.45, 2.75) is 25.7 Å². The molecule has 148 valence electrons. The lowest BCUT2D eigenvalue weighted by atomic mass is 9.82. The highest BCUT2D eigenvalue weighted by atomic mass is 35.5. The number of aliphatic carboxylic acids is 1. The van der Waals surface area contributed by atoms with Crippen molar-refractivity contribution in [3.8, 4) is 0 Å². The second kappa shape index (κ2) is 7.59. The van der Waals surface area contributed by atoms with E-state index >= 15 is 0 Å². The monoisotopic (exact) mass is 402 g/mol. The molecule has 1 saturated carbocycles. The van der Waals surface area contributed by atoms with E-state index in [0.717, 1.165) is 32.4 Å². The molecule has 2 fully saturated rings. The lowest BCUT2D eigenvalue weighted by Crippen LogP contribution is -2.36. The second-order valence-electron chi connectivity index (χ2n) is 7.87. The molecule has 4 atom stereocenters.